The minimum Gasteiger partial charge on any atom is -0.309 e. The first-order chi connectivity index (χ1) is 9.90. The maximum absolute atomic E-state index is 12.5. The molecule has 2 amide bonds. The van der Waals surface area contributed by atoms with Crippen molar-refractivity contribution >= 4 is 52.1 Å². The zero-order chi connectivity index (χ0) is 15.3. The van der Waals surface area contributed by atoms with Crippen molar-refractivity contribution in [2.24, 2.45) is 11.8 Å². The Bertz CT molecular complexity index is 647. The molecule has 2 aliphatic rings. The molecule has 0 aromatic heterocycles. The second kappa shape index (κ2) is 4.93. The third-order valence-corrected chi connectivity index (χ3v) is 4.26. The van der Waals surface area contributed by atoms with Crippen LogP contribution in [0.2, 0.25) is 10.0 Å². The van der Waals surface area contributed by atoms with E-state index in [9.17, 15) is 9.59 Å². The molecule has 1 aromatic rings. The number of fused-ring (bicyclic) bond motifs is 1. The van der Waals surface area contributed by atoms with E-state index in [0.717, 1.165) is 4.90 Å². The highest BCUT2D eigenvalue weighted by Gasteiger charge is 2.53. The van der Waals surface area contributed by atoms with E-state index in [2.05, 4.69) is 0 Å². The maximum atomic E-state index is 12.5. The number of carbonyl (C=O) groups is 2. The molecule has 2 fully saturated rings. The van der Waals surface area contributed by atoms with Crippen LogP contribution in [0.5, 0.6) is 0 Å². The van der Waals surface area contributed by atoms with Gasteiger partial charge in [0.05, 0.1) is 17.5 Å². The molecule has 2 N–H and O–H groups in total. The minimum absolute atomic E-state index is 0.213. The first-order valence-corrected chi connectivity index (χ1v) is 7.14. The van der Waals surface area contributed by atoms with Crippen molar-refractivity contribution in [3.05, 3.63) is 28.2 Å². The molecule has 5 nitrogen and oxygen atoms in total. The molecule has 0 bridgehead atoms. The van der Waals surface area contributed by atoms with Gasteiger partial charge in [-0.2, -0.15) is 0 Å². The lowest BCUT2D eigenvalue weighted by molar-refractivity contribution is -0.121. The molecule has 21 heavy (non-hydrogen) atoms. The molecule has 7 heteroatoms. The lowest BCUT2D eigenvalue weighted by Crippen LogP contribution is -2.36. The number of rotatable bonds is 1. The van der Waals surface area contributed by atoms with Crippen LogP contribution in [-0.2, 0) is 9.59 Å². The van der Waals surface area contributed by atoms with Gasteiger partial charge < -0.3 is 10.8 Å². The Morgan fingerprint density at radius 3 is 1.76 bits per heavy atom. The number of hydrogen-bond acceptors (Lipinski definition) is 4. The van der Waals surface area contributed by atoms with Crippen LogP contribution >= 0.6 is 23.2 Å². The first kappa shape index (κ1) is 14.2. The Morgan fingerprint density at radius 2 is 1.33 bits per heavy atom. The molecule has 0 spiro atoms. The van der Waals surface area contributed by atoms with Crippen LogP contribution in [0.1, 0.15) is 12.8 Å². The number of hydrogen-bond donors (Lipinski definition) is 2. The average molecular weight is 324 g/mol. The molecular weight excluding hydrogens is 313 g/mol. The molecule has 1 aliphatic carbocycles. The van der Waals surface area contributed by atoms with Gasteiger partial charge in [-0.3, -0.25) is 9.59 Å². The van der Waals surface area contributed by atoms with Crippen molar-refractivity contribution in [2.75, 3.05) is 4.90 Å². The molecule has 2 atom stereocenters. The van der Waals surface area contributed by atoms with Crippen molar-refractivity contribution in [1.82, 2.24) is 0 Å². The Morgan fingerprint density at radius 1 is 0.905 bits per heavy atom. The van der Waals surface area contributed by atoms with E-state index in [1.165, 1.54) is 18.2 Å². The van der Waals surface area contributed by atoms with Crippen molar-refractivity contribution in [1.29, 1.82) is 10.8 Å². The van der Waals surface area contributed by atoms with Gasteiger partial charge in [-0.25, -0.2) is 4.90 Å². The predicted octanol–water partition coefficient (Wildman–Crippen LogP) is 2.93. The normalized spacial score (nSPS) is 25.5. The summed E-state index contributed by atoms with van der Waals surface area (Å²) < 4.78 is 0. The second-order valence-corrected chi connectivity index (χ2v) is 6.02. The van der Waals surface area contributed by atoms with Gasteiger partial charge in [0.25, 0.3) is 0 Å². The monoisotopic (exact) mass is 323 g/mol. The molecule has 3 rings (SSSR count). The smallest absolute Gasteiger partial charge is 0.243 e. The summed E-state index contributed by atoms with van der Waals surface area (Å²) in [6, 6.07) is 4.47. The van der Waals surface area contributed by atoms with E-state index >= 15 is 0 Å². The summed E-state index contributed by atoms with van der Waals surface area (Å²) in [4.78, 5) is 26.0. The molecule has 1 saturated carbocycles. The maximum Gasteiger partial charge on any atom is 0.243 e. The third-order valence-electron chi connectivity index (χ3n) is 3.83. The number of nitrogens with one attached hydrogen (secondary N) is 2. The molecule has 0 radical (unpaired) electrons. The van der Waals surface area contributed by atoms with Crippen molar-refractivity contribution in [2.45, 2.75) is 12.8 Å². The fourth-order valence-electron chi connectivity index (χ4n) is 2.88. The summed E-state index contributed by atoms with van der Waals surface area (Å²) in [5, 5.41) is 16.5. The molecule has 1 saturated heterocycles. The van der Waals surface area contributed by atoms with Gasteiger partial charge in [0.2, 0.25) is 11.8 Å². The number of amides is 2. The fourth-order valence-corrected chi connectivity index (χ4v) is 3.39. The van der Waals surface area contributed by atoms with Crippen molar-refractivity contribution in [3.63, 3.8) is 0 Å². The van der Waals surface area contributed by atoms with Crippen molar-refractivity contribution < 1.29 is 9.59 Å². The summed E-state index contributed by atoms with van der Waals surface area (Å²) in [5.74, 6) is -2.65. The van der Waals surface area contributed by atoms with E-state index in [0.29, 0.717) is 22.9 Å². The van der Waals surface area contributed by atoms with Gasteiger partial charge in [-0.1, -0.05) is 23.2 Å². The molecule has 108 valence electrons. The number of carbonyl (C=O) groups excluding carboxylic acids is 2. The van der Waals surface area contributed by atoms with Crippen LogP contribution in [0.4, 0.5) is 5.69 Å². The standard InChI is InChI=1S/C14H11Cl2N3O2/c15-6-3-7(16)5-8(4-6)19-13(20)11-9(17)1-2-10(18)12(11)14(19)21/h3-5,11-12,17-18H,1-2H2. The van der Waals surface area contributed by atoms with Gasteiger partial charge in [0.15, 0.2) is 0 Å². The van der Waals surface area contributed by atoms with E-state index in [-0.39, 0.29) is 17.1 Å². The molecule has 1 aliphatic heterocycles. The second-order valence-electron chi connectivity index (χ2n) is 5.15. The number of halogens is 2. The van der Waals surface area contributed by atoms with Gasteiger partial charge in [0.1, 0.15) is 0 Å². The fraction of sp³-hybridized carbons (Fsp3) is 0.286. The van der Waals surface area contributed by atoms with Crippen LogP contribution in [-0.4, -0.2) is 23.2 Å². The van der Waals surface area contributed by atoms with Crippen LogP contribution in [0.15, 0.2) is 18.2 Å². The molecule has 2 unspecified atom stereocenters. The number of imide groups is 1. The zero-order valence-electron chi connectivity index (χ0n) is 10.8. The summed E-state index contributed by atoms with van der Waals surface area (Å²) in [5.41, 5.74) is 0.715. The Balaban J connectivity index is 2.08. The number of anilines is 1. The Labute approximate surface area is 130 Å². The minimum atomic E-state index is -0.850. The van der Waals surface area contributed by atoms with Gasteiger partial charge >= 0.3 is 0 Å². The highest BCUT2D eigenvalue weighted by Crippen LogP contribution is 2.38. The number of nitrogens with zero attached hydrogens (tertiary/aromatic N) is 1. The predicted molar refractivity (Wildman–Crippen MR) is 80.6 cm³/mol. The lowest BCUT2D eigenvalue weighted by atomic mass is 9.78. The van der Waals surface area contributed by atoms with Crippen molar-refractivity contribution in [3.8, 4) is 0 Å². The van der Waals surface area contributed by atoms with Crippen LogP contribution in [0, 0.1) is 22.7 Å². The van der Waals surface area contributed by atoms with Gasteiger partial charge in [-0.15, -0.1) is 0 Å². The van der Waals surface area contributed by atoms with E-state index in [1.807, 2.05) is 0 Å². The Hall–Kier alpha value is -1.72. The summed E-state index contributed by atoms with van der Waals surface area (Å²) in [6.45, 7) is 0. The highest BCUT2D eigenvalue weighted by atomic mass is 35.5. The summed E-state index contributed by atoms with van der Waals surface area (Å²) in [6.07, 6.45) is 0.701. The number of benzene rings is 1. The topological polar surface area (TPSA) is 85.1 Å². The van der Waals surface area contributed by atoms with E-state index in [1.54, 1.807) is 0 Å². The summed E-state index contributed by atoms with van der Waals surface area (Å²) in [7, 11) is 0. The van der Waals surface area contributed by atoms with Crippen LogP contribution in [0.25, 0.3) is 0 Å². The molecule has 1 heterocycles. The SMILES string of the molecule is N=C1CCC(=N)C2C(=O)N(c3cc(Cl)cc(Cl)c3)C(=O)C12. The first-order valence-electron chi connectivity index (χ1n) is 6.38. The average Bonchev–Trinajstić information content (AvgIpc) is 2.66. The molecular formula is C14H11Cl2N3O2. The highest BCUT2D eigenvalue weighted by molar-refractivity contribution is 6.37. The lowest BCUT2D eigenvalue weighted by Gasteiger charge is -2.22. The zero-order valence-corrected chi connectivity index (χ0v) is 12.3. The summed E-state index contributed by atoms with van der Waals surface area (Å²) >= 11 is 11.8. The van der Waals surface area contributed by atoms with E-state index < -0.39 is 23.7 Å². The molecule has 1 aromatic carbocycles. The van der Waals surface area contributed by atoms with Crippen LogP contribution in [0.3, 0.4) is 0 Å². The van der Waals surface area contributed by atoms with Crippen LogP contribution < -0.4 is 4.90 Å². The largest absolute Gasteiger partial charge is 0.309 e. The third kappa shape index (κ3) is 2.17. The van der Waals surface area contributed by atoms with E-state index in [4.69, 9.17) is 34.0 Å². The quantitative estimate of drug-likeness (QED) is 0.778. The van der Waals surface area contributed by atoms with Gasteiger partial charge in [-0.05, 0) is 31.0 Å². The Kier molecular flexibility index (Phi) is 3.34. The van der Waals surface area contributed by atoms with Gasteiger partial charge in [0, 0.05) is 21.5 Å².